The number of benzene rings is 1. The van der Waals surface area contributed by atoms with Crippen LogP contribution in [0.4, 0.5) is 13.2 Å². The lowest BCUT2D eigenvalue weighted by Gasteiger charge is -2.24. The molecule has 0 N–H and O–H groups in total. The molecule has 0 heterocycles. The van der Waals surface area contributed by atoms with Crippen molar-refractivity contribution in [1.29, 1.82) is 0 Å². The number of hydrogen-bond acceptors (Lipinski definition) is 0. The summed E-state index contributed by atoms with van der Waals surface area (Å²) in [7, 11) is 0. The Morgan fingerprint density at radius 3 is 2.33 bits per heavy atom. The van der Waals surface area contributed by atoms with Crippen molar-refractivity contribution in [3.63, 3.8) is 0 Å². The molecule has 0 radical (unpaired) electrons. The van der Waals surface area contributed by atoms with E-state index in [0.717, 1.165) is 31.2 Å². The van der Waals surface area contributed by atoms with E-state index in [1.165, 1.54) is 12.1 Å². The molecule has 1 aromatic carbocycles. The lowest BCUT2D eigenvalue weighted by Crippen LogP contribution is -2.16. The lowest BCUT2D eigenvalue weighted by molar-refractivity contribution is -0.137. The van der Waals surface area contributed by atoms with Crippen molar-refractivity contribution in [3.8, 4) is 0 Å². The van der Waals surface area contributed by atoms with E-state index in [1.54, 1.807) is 12.1 Å². The highest BCUT2D eigenvalue weighted by atomic mass is 79.9. The van der Waals surface area contributed by atoms with Gasteiger partial charge in [-0.25, -0.2) is 0 Å². The topological polar surface area (TPSA) is 0 Å². The van der Waals surface area contributed by atoms with Crippen molar-refractivity contribution in [3.05, 3.63) is 35.4 Å². The Hall–Kier alpha value is -0.510. The van der Waals surface area contributed by atoms with Gasteiger partial charge in [0.25, 0.3) is 0 Å². The SMILES string of the molecule is CC1(Cc2ccc(C(F)(F)F)cc2)CCC(Br)C1. The zero-order valence-electron chi connectivity index (χ0n) is 10.2. The predicted molar refractivity (Wildman–Crippen MR) is 69.8 cm³/mol. The summed E-state index contributed by atoms with van der Waals surface area (Å²) in [6, 6.07) is 5.57. The largest absolute Gasteiger partial charge is 0.416 e. The molecule has 1 saturated carbocycles. The van der Waals surface area contributed by atoms with Gasteiger partial charge in [0.05, 0.1) is 5.56 Å². The second-order valence-electron chi connectivity index (χ2n) is 5.52. The third-order valence-corrected chi connectivity index (χ3v) is 4.47. The van der Waals surface area contributed by atoms with Gasteiger partial charge in [-0.15, -0.1) is 0 Å². The number of rotatable bonds is 2. The molecule has 18 heavy (non-hydrogen) atoms. The van der Waals surface area contributed by atoms with Gasteiger partial charge in [-0.2, -0.15) is 13.2 Å². The predicted octanol–water partition coefficient (Wildman–Crippen LogP) is 5.20. The average Bonchev–Trinajstić information content (AvgIpc) is 2.58. The molecule has 1 aliphatic carbocycles. The van der Waals surface area contributed by atoms with Crippen LogP contribution in [-0.2, 0) is 12.6 Å². The molecule has 2 rings (SSSR count). The van der Waals surface area contributed by atoms with Crippen LogP contribution in [0.1, 0.15) is 37.3 Å². The lowest BCUT2D eigenvalue weighted by atomic mass is 9.82. The first kappa shape index (κ1) is 13.9. The molecule has 0 nitrogen and oxygen atoms in total. The van der Waals surface area contributed by atoms with Crippen LogP contribution in [0.2, 0.25) is 0 Å². The third-order valence-electron chi connectivity index (χ3n) is 3.69. The summed E-state index contributed by atoms with van der Waals surface area (Å²) in [5.41, 5.74) is 0.641. The van der Waals surface area contributed by atoms with Gasteiger partial charge in [0.2, 0.25) is 0 Å². The highest BCUT2D eigenvalue weighted by molar-refractivity contribution is 9.09. The summed E-state index contributed by atoms with van der Waals surface area (Å²) >= 11 is 3.62. The monoisotopic (exact) mass is 320 g/mol. The van der Waals surface area contributed by atoms with Crippen molar-refractivity contribution in [2.75, 3.05) is 0 Å². The zero-order valence-corrected chi connectivity index (χ0v) is 11.8. The van der Waals surface area contributed by atoms with Crippen molar-refractivity contribution >= 4 is 15.9 Å². The molecule has 0 aliphatic heterocycles. The molecule has 0 spiro atoms. The quantitative estimate of drug-likeness (QED) is 0.657. The van der Waals surface area contributed by atoms with E-state index in [2.05, 4.69) is 22.9 Å². The molecule has 0 saturated heterocycles. The van der Waals surface area contributed by atoms with Gasteiger partial charge < -0.3 is 0 Å². The van der Waals surface area contributed by atoms with Crippen molar-refractivity contribution in [2.45, 2.75) is 43.6 Å². The first-order valence-corrected chi connectivity index (χ1v) is 7.00. The fraction of sp³-hybridized carbons (Fsp3) is 0.571. The highest BCUT2D eigenvalue weighted by Crippen LogP contribution is 2.43. The molecular formula is C14H16BrF3. The first-order chi connectivity index (χ1) is 8.28. The van der Waals surface area contributed by atoms with Gasteiger partial charge >= 0.3 is 6.18 Å². The second-order valence-corrected chi connectivity index (χ2v) is 6.82. The van der Waals surface area contributed by atoms with Crippen LogP contribution in [-0.4, -0.2) is 4.83 Å². The molecule has 4 heteroatoms. The van der Waals surface area contributed by atoms with Gasteiger partial charge in [0, 0.05) is 4.83 Å². The van der Waals surface area contributed by atoms with E-state index in [1.807, 2.05) is 0 Å². The zero-order chi connectivity index (χ0) is 13.4. The Balaban J connectivity index is 2.07. The maximum Gasteiger partial charge on any atom is 0.416 e. The highest BCUT2D eigenvalue weighted by Gasteiger charge is 2.34. The minimum absolute atomic E-state index is 0.216. The van der Waals surface area contributed by atoms with E-state index < -0.39 is 11.7 Å². The maximum absolute atomic E-state index is 12.4. The summed E-state index contributed by atoms with van der Waals surface area (Å²) in [4.78, 5) is 0.553. The van der Waals surface area contributed by atoms with Gasteiger partial charge in [-0.05, 0) is 48.8 Å². The number of halogens is 4. The molecule has 0 aromatic heterocycles. The minimum Gasteiger partial charge on any atom is -0.166 e. The van der Waals surface area contributed by atoms with Crippen LogP contribution in [0.15, 0.2) is 24.3 Å². The van der Waals surface area contributed by atoms with Crippen LogP contribution >= 0.6 is 15.9 Å². The summed E-state index contributed by atoms with van der Waals surface area (Å²) in [5, 5.41) is 0. The van der Waals surface area contributed by atoms with E-state index in [9.17, 15) is 13.2 Å². The summed E-state index contributed by atoms with van der Waals surface area (Å²) in [6.45, 7) is 2.21. The van der Waals surface area contributed by atoms with E-state index in [4.69, 9.17) is 0 Å². The number of hydrogen-bond donors (Lipinski definition) is 0. The van der Waals surface area contributed by atoms with E-state index in [-0.39, 0.29) is 5.41 Å². The molecule has 100 valence electrons. The van der Waals surface area contributed by atoms with Crippen LogP contribution in [0.25, 0.3) is 0 Å². The Bertz CT molecular complexity index is 410. The Kier molecular flexibility index (Phi) is 3.77. The normalized spacial score (nSPS) is 28.6. The van der Waals surface area contributed by atoms with Gasteiger partial charge in [0.1, 0.15) is 0 Å². The molecule has 1 fully saturated rings. The minimum atomic E-state index is -4.24. The van der Waals surface area contributed by atoms with Crippen molar-refractivity contribution in [1.82, 2.24) is 0 Å². The van der Waals surface area contributed by atoms with Gasteiger partial charge in [-0.3, -0.25) is 0 Å². The first-order valence-electron chi connectivity index (χ1n) is 6.09. The summed E-state index contributed by atoms with van der Waals surface area (Å²) in [6.07, 6.45) is -0.0148. The fourth-order valence-electron chi connectivity index (χ4n) is 2.71. The standard InChI is InChI=1S/C14H16BrF3/c1-13(7-6-12(15)9-13)8-10-2-4-11(5-3-10)14(16,17)18/h2-5,12H,6-9H2,1H3. The van der Waals surface area contributed by atoms with Crippen LogP contribution in [0.3, 0.4) is 0 Å². The maximum atomic E-state index is 12.4. The van der Waals surface area contributed by atoms with Crippen LogP contribution in [0, 0.1) is 5.41 Å². The number of alkyl halides is 4. The van der Waals surface area contributed by atoms with E-state index >= 15 is 0 Å². The molecule has 1 aliphatic rings. The molecule has 2 atom stereocenters. The van der Waals surface area contributed by atoms with Gasteiger partial charge in [0.15, 0.2) is 0 Å². The molecular weight excluding hydrogens is 305 g/mol. The van der Waals surface area contributed by atoms with Crippen molar-refractivity contribution in [2.24, 2.45) is 5.41 Å². The fourth-order valence-corrected chi connectivity index (χ4v) is 3.72. The molecule has 1 aromatic rings. The Morgan fingerprint density at radius 1 is 1.28 bits per heavy atom. The van der Waals surface area contributed by atoms with Crippen molar-refractivity contribution < 1.29 is 13.2 Å². The van der Waals surface area contributed by atoms with Gasteiger partial charge in [-0.1, -0.05) is 35.0 Å². The summed E-state index contributed by atoms with van der Waals surface area (Å²) in [5.74, 6) is 0. The van der Waals surface area contributed by atoms with Crippen LogP contribution in [0.5, 0.6) is 0 Å². The molecule has 0 amide bonds. The summed E-state index contributed by atoms with van der Waals surface area (Å²) < 4.78 is 37.3. The molecule has 0 bridgehead atoms. The molecule has 2 unspecified atom stereocenters. The second kappa shape index (κ2) is 4.87. The third kappa shape index (κ3) is 3.28. The Morgan fingerprint density at radius 2 is 1.89 bits per heavy atom. The Labute approximate surface area is 114 Å². The van der Waals surface area contributed by atoms with Crippen LogP contribution < -0.4 is 0 Å². The smallest absolute Gasteiger partial charge is 0.166 e. The van der Waals surface area contributed by atoms with E-state index in [0.29, 0.717) is 4.83 Å². The average molecular weight is 321 g/mol.